The highest BCUT2D eigenvalue weighted by atomic mass is 16.6. The number of piperidine rings is 1. The van der Waals surface area contributed by atoms with E-state index in [1.165, 1.54) is 25.7 Å². The van der Waals surface area contributed by atoms with Crippen molar-refractivity contribution in [3.63, 3.8) is 0 Å². The van der Waals surface area contributed by atoms with Crippen LogP contribution >= 0.6 is 0 Å². The number of carbonyl (C=O) groups excluding carboxylic acids is 1. The van der Waals surface area contributed by atoms with Crippen molar-refractivity contribution >= 4 is 6.09 Å². The Balaban J connectivity index is 1.65. The maximum absolute atomic E-state index is 11.8. The number of amides is 1. The summed E-state index contributed by atoms with van der Waals surface area (Å²) in [6.07, 6.45) is 6.28. The number of hydrogen-bond donors (Lipinski definition) is 1. The third kappa shape index (κ3) is 1.79. The van der Waals surface area contributed by atoms with Crippen molar-refractivity contribution in [3.05, 3.63) is 0 Å². The lowest BCUT2D eigenvalue weighted by atomic mass is 10.0. The van der Waals surface area contributed by atoms with E-state index < -0.39 is 0 Å². The van der Waals surface area contributed by atoms with Gasteiger partial charge in [-0.1, -0.05) is 12.8 Å². The fourth-order valence-electron chi connectivity index (χ4n) is 3.28. The molecule has 2 atom stereocenters. The van der Waals surface area contributed by atoms with Gasteiger partial charge in [0.1, 0.15) is 6.10 Å². The molecule has 3 fully saturated rings. The summed E-state index contributed by atoms with van der Waals surface area (Å²) in [7, 11) is 0. The van der Waals surface area contributed by atoms with Gasteiger partial charge >= 0.3 is 6.09 Å². The minimum atomic E-state index is -0.0781. The fraction of sp³-hybridized carbons (Fsp3) is 0.917. The van der Waals surface area contributed by atoms with E-state index in [-0.39, 0.29) is 12.2 Å². The normalized spacial score (nSPS) is 35.2. The smallest absolute Gasteiger partial charge is 0.410 e. The first-order valence-corrected chi connectivity index (χ1v) is 6.52. The van der Waals surface area contributed by atoms with Crippen LogP contribution in [0.5, 0.6) is 0 Å². The highest BCUT2D eigenvalue weighted by Crippen LogP contribution is 2.30. The molecule has 2 unspecified atom stereocenters. The van der Waals surface area contributed by atoms with E-state index in [1.807, 2.05) is 4.90 Å². The topological polar surface area (TPSA) is 41.6 Å². The molecule has 1 N–H and O–H groups in total. The van der Waals surface area contributed by atoms with Gasteiger partial charge in [-0.15, -0.1) is 0 Å². The predicted octanol–water partition coefficient (Wildman–Crippen LogP) is 1.36. The minimum Gasteiger partial charge on any atom is -0.444 e. The van der Waals surface area contributed by atoms with Crippen LogP contribution in [0.25, 0.3) is 0 Å². The molecule has 2 aliphatic heterocycles. The van der Waals surface area contributed by atoms with Gasteiger partial charge in [0.2, 0.25) is 0 Å². The summed E-state index contributed by atoms with van der Waals surface area (Å²) in [5.41, 5.74) is 0. The number of carbonyl (C=O) groups is 1. The van der Waals surface area contributed by atoms with Crippen LogP contribution in [-0.2, 0) is 4.74 Å². The van der Waals surface area contributed by atoms with Crippen LogP contribution in [0, 0.1) is 5.92 Å². The summed E-state index contributed by atoms with van der Waals surface area (Å²) < 4.78 is 5.44. The van der Waals surface area contributed by atoms with Crippen LogP contribution in [0.15, 0.2) is 0 Å². The molecule has 2 saturated heterocycles. The molecule has 2 heterocycles. The largest absolute Gasteiger partial charge is 0.444 e. The zero-order valence-electron chi connectivity index (χ0n) is 9.65. The number of rotatable bonds is 2. The SMILES string of the molecule is O=C1OC2CCNCC2N1CC1CCCC1. The van der Waals surface area contributed by atoms with Crippen LogP contribution in [0.1, 0.15) is 32.1 Å². The van der Waals surface area contributed by atoms with Gasteiger partial charge in [-0.3, -0.25) is 4.90 Å². The summed E-state index contributed by atoms with van der Waals surface area (Å²) in [6.45, 7) is 2.80. The first-order valence-electron chi connectivity index (χ1n) is 6.52. The summed E-state index contributed by atoms with van der Waals surface area (Å²) >= 11 is 0. The Bertz CT molecular complexity index is 276. The molecule has 1 aliphatic carbocycles. The van der Waals surface area contributed by atoms with Crippen molar-refractivity contribution in [2.24, 2.45) is 5.92 Å². The zero-order valence-corrected chi connectivity index (χ0v) is 9.65. The van der Waals surface area contributed by atoms with Crippen molar-refractivity contribution in [2.45, 2.75) is 44.2 Å². The van der Waals surface area contributed by atoms with Crippen LogP contribution in [-0.4, -0.2) is 42.8 Å². The van der Waals surface area contributed by atoms with Gasteiger partial charge in [0.15, 0.2) is 0 Å². The van der Waals surface area contributed by atoms with Crippen molar-refractivity contribution in [3.8, 4) is 0 Å². The number of fused-ring (bicyclic) bond motifs is 1. The van der Waals surface area contributed by atoms with E-state index in [2.05, 4.69) is 5.32 Å². The second kappa shape index (κ2) is 4.24. The molecule has 0 spiro atoms. The molecule has 0 aromatic rings. The third-order valence-electron chi connectivity index (χ3n) is 4.20. The van der Waals surface area contributed by atoms with Crippen LogP contribution in [0.2, 0.25) is 0 Å². The van der Waals surface area contributed by atoms with E-state index >= 15 is 0 Å². The lowest BCUT2D eigenvalue weighted by Crippen LogP contribution is -2.49. The molecule has 0 aromatic carbocycles. The van der Waals surface area contributed by atoms with Crippen molar-refractivity contribution in [1.82, 2.24) is 10.2 Å². The molecule has 3 aliphatic rings. The summed E-state index contributed by atoms with van der Waals surface area (Å²) in [4.78, 5) is 13.8. The number of ether oxygens (including phenoxy) is 1. The van der Waals surface area contributed by atoms with Crippen molar-refractivity contribution in [2.75, 3.05) is 19.6 Å². The van der Waals surface area contributed by atoms with Gasteiger partial charge < -0.3 is 10.1 Å². The molecular weight excluding hydrogens is 204 g/mol. The summed E-state index contributed by atoms with van der Waals surface area (Å²) in [6, 6.07) is 0.293. The molecule has 4 heteroatoms. The molecule has 0 bridgehead atoms. The molecule has 1 saturated carbocycles. The first-order chi connectivity index (χ1) is 7.84. The molecule has 4 nitrogen and oxygen atoms in total. The van der Waals surface area contributed by atoms with Gasteiger partial charge in [0.25, 0.3) is 0 Å². The summed E-state index contributed by atoms with van der Waals surface area (Å²) in [5.74, 6) is 0.716. The average Bonchev–Trinajstić information content (AvgIpc) is 2.89. The van der Waals surface area contributed by atoms with Crippen LogP contribution in [0.4, 0.5) is 4.79 Å². The molecule has 1 amide bonds. The number of hydrogen-bond acceptors (Lipinski definition) is 3. The highest BCUT2D eigenvalue weighted by Gasteiger charge is 2.43. The van der Waals surface area contributed by atoms with E-state index in [1.54, 1.807) is 0 Å². The molecular formula is C12H20N2O2. The Hall–Kier alpha value is -0.770. The minimum absolute atomic E-state index is 0.0781. The van der Waals surface area contributed by atoms with E-state index in [9.17, 15) is 4.79 Å². The predicted molar refractivity (Wildman–Crippen MR) is 60.2 cm³/mol. The van der Waals surface area contributed by atoms with Gasteiger partial charge in [-0.25, -0.2) is 4.79 Å². The van der Waals surface area contributed by atoms with Gasteiger partial charge in [-0.2, -0.15) is 0 Å². The zero-order chi connectivity index (χ0) is 11.0. The Morgan fingerprint density at radius 2 is 2.12 bits per heavy atom. The van der Waals surface area contributed by atoms with E-state index in [0.717, 1.165) is 26.1 Å². The lowest BCUT2D eigenvalue weighted by Gasteiger charge is -2.30. The molecule has 0 aromatic heterocycles. The van der Waals surface area contributed by atoms with Gasteiger partial charge in [-0.05, 0) is 31.7 Å². The van der Waals surface area contributed by atoms with Crippen molar-refractivity contribution < 1.29 is 9.53 Å². The second-order valence-electron chi connectivity index (χ2n) is 5.29. The number of nitrogens with one attached hydrogen (secondary N) is 1. The van der Waals surface area contributed by atoms with Crippen molar-refractivity contribution in [1.29, 1.82) is 0 Å². The Morgan fingerprint density at radius 1 is 1.31 bits per heavy atom. The maximum atomic E-state index is 11.8. The van der Waals surface area contributed by atoms with E-state index in [0.29, 0.717) is 12.0 Å². The lowest BCUT2D eigenvalue weighted by molar-refractivity contribution is 0.117. The molecule has 0 radical (unpaired) electrons. The fourth-order valence-corrected chi connectivity index (χ4v) is 3.28. The molecule has 90 valence electrons. The standard InChI is InChI=1S/C12H20N2O2/c15-12-14(8-9-3-1-2-4-9)10-7-13-6-5-11(10)16-12/h9-11,13H,1-8H2. The Labute approximate surface area is 96.3 Å². The number of nitrogens with zero attached hydrogens (tertiary/aromatic N) is 1. The third-order valence-corrected chi connectivity index (χ3v) is 4.20. The molecule has 16 heavy (non-hydrogen) atoms. The van der Waals surface area contributed by atoms with Crippen LogP contribution in [0.3, 0.4) is 0 Å². The quantitative estimate of drug-likeness (QED) is 0.770. The Morgan fingerprint density at radius 3 is 2.94 bits per heavy atom. The monoisotopic (exact) mass is 224 g/mol. The Kier molecular flexibility index (Phi) is 2.75. The van der Waals surface area contributed by atoms with Gasteiger partial charge in [0.05, 0.1) is 6.04 Å². The second-order valence-corrected chi connectivity index (χ2v) is 5.29. The van der Waals surface area contributed by atoms with Crippen LogP contribution < -0.4 is 5.32 Å². The van der Waals surface area contributed by atoms with E-state index in [4.69, 9.17) is 4.74 Å². The maximum Gasteiger partial charge on any atom is 0.410 e. The first kappa shape index (κ1) is 10.4. The summed E-state index contributed by atoms with van der Waals surface area (Å²) in [5, 5.41) is 3.36. The average molecular weight is 224 g/mol. The molecule has 3 rings (SSSR count). The van der Waals surface area contributed by atoms with Gasteiger partial charge in [0, 0.05) is 13.1 Å². The highest BCUT2D eigenvalue weighted by molar-refractivity contribution is 5.70.